The smallest absolute Gasteiger partial charge is 0.293 e. The van der Waals surface area contributed by atoms with Crippen molar-refractivity contribution in [1.82, 2.24) is 5.32 Å². The molecule has 3 rings (SSSR count). The molecule has 0 aliphatic carbocycles. The highest BCUT2D eigenvalue weighted by Crippen LogP contribution is 2.34. The van der Waals surface area contributed by atoms with Crippen molar-refractivity contribution in [3.8, 4) is 11.3 Å². The van der Waals surface area contributed by atoms with Crippen LogP contribution in [-0.4, -0.2) is 24.1 Å². The van der Waals surface area contributed by atoms with Crippen molar-refractivity contribution >= 4 is 57.8 Å². The SMILES string of the molecule is CCN(CC)c1ccc(NC(=S)NC(=O)c2ccc(-c3cccc(Cl)c3Cl)o2)cc1. The Morgan fingerprint density at radius 2 is 1.73 bits per heavy atom. The summed E-state index contributed by atoms with van der Waals surface area (Å²) >= 11 is 17.5. The Morgan fingerprint density at radius 3 is 2.40 bits per heavy atom. The summed E-state index contributed by atoms with van der Waals surface area (Å²) < 4.78 is 5.64. The Balaban J connectivity index is 1.63. The van der Waals surface area contributed by atoms with Crippen LogP contribution in [0.2, 0.25) is 10.0 Å². The van der Waals surface area contributed by atoms with E-state index in [1.54, 1.807) is 30.3 Å². The van der Waals surface area contributed by atoms with Crippen LogP contribution in [0.4, 0.5) is 11.4 Å². The average molecular weight is 462 g/mol. The molecule has 3 aromatic rings. The number of amides is 1. The van der Waals surface area contributed by atoms with Gasteiger partial charge in [-0.2, -0.15) is 0 Å². The molecule has 30 heavy (non-hydrogen) atoms. The van der Waals surface area contributed by atoms with Gasteiger partial charge in [-0.05, 0) is 74.6 Å². The molecule has 0 unspecified atom stereocenters. The minimum absolute atomic E-state index is 0.113. The van der Waals surface area contributed by atoms with Gasteiger partial charge in [0.05, 0.1) is 10.0 Å². The zero-order chi connectivity index (χ0) is 21.7. The van der Waals surface area contributed by atoms with Gasteiger partial charge in [0.25, 0.3) is 5.91 Å². The van der Waals surface area contributed by atoms with Crippen molar-refractivity contribution in [2.24, 2.45) is 0 Å². The van der Waals surface area contributed by atoms with Gasteiger partial charge in [-0.25, -0.2) is 0 Å². The van der Waals surface area contributed by atoms with Gasteiger partial charge in [0.2, 0.25) is 0 Å². The third kappa shape index (κ3) is 5.14. The Kier molecular flexibility index (Phi) is 7.37. The number of thiocarbonyl (C=S) groups is 1. The van der Waals surface area contributed by atoms with Gasteiger partial charge in [-0.3, -0.25) is 10.1 Å². The van der Waals surface area contributed by atoms with Crippen LogP contribution in [-0.2, 0) is 0 Å². The highest BCUT2D eigenvalue weighted by atomic mass is 35.5. The number of nitrogens with one attached hydrogen (secondary N) is 2. The van der Waals surface area contributed by atoms with Crippen molar-refractivity contribution in [2.75, 3.05) is 23.3 Å². The summed E-state index contributed by atoms with van der Waals surface area (Å²) in [5.41, 5.74) is 2.52. The molecule has 1 amide bonds. The molecule has 2 N–H and O–H groups in total. The Labute approximate surface area is 191 Å². The van der Waals surface area contributed by atoms with Crippen LogP contribution < -0.4 is 15.5 Å². The molecule has 0 spiro atoms. The number of anilines is 2. The van der Waals surface area contributed by atoms with Crippen molar-refractivity contribution in [2.45, 2.75) is 13.8 Å². The van der Waals surface area contributed by atoms with Crippen LogP contribution in [0.25, 0.3) is 11.3 Å². The molecule has 0 radical (unpaired) electrons. The quantitative estimate of drug-likeness (QED) is 0.426. The number of hydrogen-bond acceptors (Lipinski definition) is 4. The first kappa shape index (κ1) is 22.2. The zero-order valence-corrected chi connectivity index (χ0v) is 18.9. The highest BCUT2D eigenvalue weighted by Gasteiger charge is 2.16. The number of halogens is 2. The predicted molar refractivity (Wildman–Crippen MR) is 128 cm³/mol. The van der Waals surface area contributed by atoms with Gasteiger partial charge in [-0.1, -0.05) is 29.3 Å². The minimum atomic E-state index is -0.461. The van der Waals surface area contributed by atoms with Crippen LogP contribution in [0, 0.1) is 0 Å². The summed E-state index contributed by atoms with van der Waals surface area (Å²) in [7, 11) is 0. The first-order valence-electron chi connectivity index (χ1n) is 9.44. The lowest BCUT2D eigenvalue weighted by atomic mass is 10.2. The average Bonchev–Trinajstić information content (AvgIpc) is 3.22. The number of carbonyl (C=O) groups excluding carboxylic acids is 1. The molecule has 1 aromatic heterocycles. The molecule has 1 heterocycles. The standard InChI is InChI=1S/C22H21Cl2N3O2S/c1-3-27(4-2)15-10-8-14(9-11-15)25-22(30)26-21(28)19-13-12-18(29-19)16-6-5-7-17(23)20(16)24/h5-13H,3-4H2,1-2H3,(H2,25,26,28,30). The monoisotopic (exact) mass is 461 g/mol. The van der Waals surface area contributed by atoms with Gasteiger partial charge < -0.3 is 14.6 Å². The summed E-state index contributed by atoms with van der Waals surface area (Å²) in [5.74, 6) is 0.0947. The molecule has 0 saturated heterocycles. The fourth-order valence-electron chi connectivity index (χ4n) is 2.97. The fraction of sp³-hybridized carbons (Fsp3) is 0.182. The first-order chi connectivity index (χ1) is 14.4. The molecule has 0 saturated carbocycles. The normalized spacial score (nSPS) is 10.5. The Morgan fingerprint density at radius 1 is 1.03 bits per heavy atom. The number of benzene rings is 2. The molecule has 0 atom stereocenters. The van der Waals surface area contributed by atoms with Crippen molar-refractivity contribution < 1.29 is 9.21 Å². The van der Waals surface area contributed by atoms with Gasteiger partial charge in [0, 0.05) is 30.0 Å². The van der Waals surface area contributed by atoms with Crippen LogP contribution >= 0.6 is 35.4 Å². The van der Waals surface area contributed by atoms with Crippen LogP contribution in [0.15, 0.2) is 59.0 Å². The largest absolute Gasteiger partial charge is 0.451 e. The predicted octanol–water partition coefficient (Wildman–Crippen LogP) is 6.23. The van der Waals surface area contributed by atoms with E-state index in [-0.39, 0.29) is 10.9 Å². The van der Waals surface area contributed by atoms with E-state index < -0.39 is 5.91 Å². The van der Waals surface area contributed by atoms with Crippen LogP contribution in [0.3, 0.4) is 0 Å². The summed E-state index contributed by atoms with van der Waals surface area (Å²) in [6.45, 7) is 6.09. The zero-order valence-electron chi connectivity index (χ0n) is 16.5. The van der Waals surface area contributed by atoms with E-state index in [1.807, 2.05) is 24.3 Å². The maximum atomic E-state index is 12.5. The summed E-state index contributed by atoms with van der Waals surface area (Å²) in [6, 6.07) is 16.3. The molecule has 156 valence electrons. The minimum Gasteiger partial charge on any atom is -0.451 e. The number of hydrogen-bond donors (Lipinski definition) is 2. The molecule has 0 fully saturated rings. The van der Waals surface area contributed by atoms with E-state index in [0.717, 1.165) is 24.5 Å². The second-order valence-electron chi connectivity index (χ2n) is 6.39. The molecule has 8 heteroatoms. The Hall–Kier alpha value is -2.54. The van der Waals surface area contributed by atoms with E-state index in [4.69, 9.17) is 39.8 Å². The number of rotatable bonds is 6. The topological polar surface area (TPSA) is 57.5 Å². The van der Waals surface area contributed by atoms with E-state index >= 15 is 0 Å². The van der Waals surface area contributed by atoms with E-state index in [2.05, 4.69) is 29.4 Å². The molecule has 0 aliphatic rings. The van der Waals surface area contributed by atoms with Gasteiger partial charge >= 0.3 is 0 Å². The first-order valence-corrected chi connectivity index (χ1v) is 10.6. The fourth-order valence-corrected chi connectivity index (χ4v) is 3.57. The van der Waals surface area contributed by atoms with Crippen molar-refractivity contribution in [3.63, 3.8) is 0 Å². The lowest BCUT2D eigenvalue weighted by Crippen LogP contribution is -2.33. The van der Waals surface area contributed by atoms with E-state index in [1.165, 1.54) is 0 Å². The summed E-state index contributed by atoms with van der Waals surface area (Å²) in [5, 5.41) is 6.57. The number of nitrogens with zero attached hydrogens (tertiary/aromatic N) is 1. The van der Waals surface area contributed by atoms with Gasteiger partial charge in [0.1, 0.15) is 5.76 Å². The molecular weight excluding hydrogens is 441 g/mol. The summed E-state index contributed by atoms with van der Waals surface area (Å²) in [4.78, 5) is 14.7. The highest BCUT2D eigenvalue weighted by molar-refractivity contribution is 7.80. The van der Waals surface area contributed by atoms with Gasteiger partial charge in [0.15, 0.2) is 10.9 Å². The Bertz CT molecular complexity index is 1050. The number of carbonyl (C=O) groups is 1. The summed E-state index contributed by atoms with van der Waals surface area (Å²) in [6.07, 6.45) is 0. The van der Waals surface area contributed by atoms with Crippen molar-refractivity contribution in [1.29, 1.82) is 0 Å². The second kappa shape index (κ2) is 9.98. The lowest BCUT2D eigenvalue weighted by Gasteiger charge is -2.21. The molecule has 2 aromatic carbocycles. The molecule has 0 aliphatic heterocycles. The van der Waals surface area contributed by atoms with Crippen LogP contribution in [0.1, 0.15) is 24.4 Å². The molecule has 0 bridgehead atoms. The second-order valence-corrected chi connectivity index (χ2v) is 7.59. The molecule has 5 nitrogen and oxygen atoms in total. The van der Waals surface area contributed by atoms with E-state index in [9.17, 15) is 4.79 Å². The number of furan rings is 1. The van der Waals surface area contributed by atoms with Crippen LogP contribution in [0.5, 0.6) is 0 Å². The maximum absolute atomic E-state index is 12.5. The van der Waals surface area contributed by atoms with Crippen molar-refractivity contribution in [3.05, 3.63) is 70.4 Å². The third-order valence-electron chi connectivity index (χ3n) is 4.53. The molecular formula is C22H21Cl2N3O2S. The van der Waals surface area contributed by atoms with Gasteiger partial charge in [-0.15, -0.1) is 0 Å². The lowest BCUT2D eigenvalue weighted by molar-refractivity contribution is 0.0951. The third-order valence-corrected chi connectivity index (χ3v) is 5.55. The maximum Gasteiger partial charge on any atom is 0.293 e. The van der Waals surface area contributed by atoms with E-state index in [0.29, 0.717) is 21.4 Å².